The summed E-state index contributed by atoms with van der Waals surface area (Å²) in [6, 6.07) is 5.59. The van der Waals surface area contributed by atoms with Crippen LogP contribution in [-0.2, 0) is 11.2 Å². The van der Waals surface area contributed by atoms with Crippen LogP contribution in [0.3, 0.4) is 0 Å². The van der Waals surface area contributed by atoms with E-state index in [-0.39, 0.29) is 24.5 Å². The van der Waals surface area contributed by atoms with E-state index in [9.17, 15) is 9.90 Å². The maximum atomic E-state index is 11.5. The van der Waals surface area contributed by atoms with Gasteiger partial charge in [-0.2, -0.15) is 0 Å². The molecule has 7 nitrogen and oxygen atoms in total. The molecule has 1 aromatic carbocycles. The van der Waals surface area contributed by atoms with Crippen LogP contribution < -0.4 is 21.3 Å². The van der Waals surface area contributed by atoms with Gasteiger partial charge in [0.25, 0.3) is 0 Å². The van der Waals surface area contributed by atoms with Crippen LogP contribution in [-0.4, -0.2) is 40.8 Å². The lowest BCUT2D eigenvalue weighted by Gasteiger charge is -2.23. The molecular formula is C17H26N4O3. The number of hydrazine groups is 1. The number of nitrogens with one attached hydrogen (secondary N) is 3. The Bertz CT molecular complexity index is 691. The number of aliphatic hydroxyl groups is 1. The molecule has 1 heterocycles. The molecule has 0 radical (unpaired) electrons. The summed E-state index contributed by atoms with van der Waals surface area (Å²) in [6.45, 7) is 6.71. The fourth-order valence-corrected chi connectivity index (χ4v) is 2.37. The number of hydrogen-bond acceptors (Lipinski definition) is 5. The second-order valence-electron chi connectivity index (χ2n) is 6.83. The van der Waals surface area contributed by atoms with E-state index in [1.54, 1.807) is 6.20 Å². The zero-order valence-corrected chi connectivity index (χ0v) is 14.3. The quantitative estimate of drug-likeness (QED) is 0.292. The Hall–Kier alpha value is -2.09. The topological polar surface area (TPSA) is 112 Å². The molecule has 0 fully saturated rings. The number of nitrogens with two attached hydrogens (primary N) is 1. The average molecular weight is 334 g/mol. The van der Waals surface area contributed by atoms with Crippen LogP contribution in [0.4, 0.5) is 0 Å². The molecule has 0 bridgehead atoms. The first-order chi connectivity index (χ1) is 11.3. The molecule has 0 aliphatic carbocycles. The molecule has 0 aliphatic heterocycles. The van der Waals surface area contributed by atoms with E-state index in [2.05, 4.69) is 15.7 Å². The van der Waals surface area contributed by atoms with E-state index in [0.29, 0.717) is 12.3 Å². The minimum absolute atomic E-state index is 0.0651. The van der Waals surface area contributed by atoms with Crippen molar-refractivity contribution in [3.05, 3.63) is 30.0 Å². The maximum Gasteiger partial charge on any atom is 0.238 e. The monoisotopic (exact) mass is 334 g/mol. The highest BCUT2D eigenvalue weighted by atomic mass is 16.5. The number of rotatable bonds is 7. The number of H-pyrrole nitrogens is 1. The number of ether oxygens (including phenoxy) is 1. The molecule has 2 aromatic rings. The van der Waals surface area contributed by atoms with Crippen LogP contribution in [0.2, 0.25) is 0 Å². The predicted octanol–water partition coefficient (Wildman–Crippen LogP) is 0.828. The van der Waals surface area contributed by atoms with Gasteiger partial charge in [0.05, 0.1) is 6.42 Å². The van der Waals surface area contributed by atoms with Crippen LogP contribution in [0, 0.1) is 0 Å². The highest BCUT2D eigenvalue weighted by molar-refractivity contribution is 5.93. The van der Waals surface area contributed by atoms with Crippen molar-refractivity contribution < 1.29 is 14.6 Å². The Kier molecular flexibility index (Phi) is 5.82. The van der Waals surface area contributed by atoms with Crippen molar-refractivity contribution in [3.63, 3.8) is 0 Å². The first-order valence-electron chi connectivity index (χ1n) is 7.94. The van der Waals surface area contributed by atoms with Crippen LogP contribution >= 0.6 is 0 Å². The standard InChI is InChI=1S/C17H26N4O3/c1-17(2,3)20-9-12(22)10-24-14-6-4-5-13-16(14)11(8-19-13)7-15(23)21-18/h4-6,8,12,19-20,22H,7,9-10,18H2,1-3H3,(H,21,23). The van der Waals surface area contributed by atoms with Gasteiger partial charge in [-0.15, -0.1) is 0 Å². The summed E-state index contributed by atoms with van der Waals surface area (Å²) in [5.41, 5.74) is 3.73. The Morgan fingerprint density at radius 3 is 2.83 bits per heavy atom. The Balaban J connectivity index is 2.08. The predicted molar refractivity (Wildman–Crippen MR) is 93.6 cm³/mol. The normalized spacial score (nSPS) is 13.0. The molecule has 0 spiro atoms. The first kappa shape index (κ1) is 18.3. The summed E-state index contributed by atoms with van der Waals surface area (Å²) >= 11 is 0. The molecule has 6 N–H and O–H groups in total. The molecule has 0 saturated heterocycles. The third-order valence-electron chi connectivity index (χ3n) is 3.56. The van der Waals surface area contributed by atoms with E-state index >= 15 is 0 Å². The molecule has 2 rings (SSSR count). The summed E-state index contributed by atoms with van der Waals surface area (Å²) in [7, 11) is 0. The lowest BCUT2D eigenvalue weighted by atomic mass is 10.1. The van der Waals surface area contributed by atoms with Gasteiger partial charge in [-0.05, 0) is 38.5 Å². The van der Waals surface area contributed by atoms with E-state index in [1.807, 2.05) is 39.0 Å². The third kappa shape index (κ3) is 4.95. The van der Waals surface area contributed by atoms with Gasteiger partial charge in [0.1, 0.15) is 18.5 Å². The maximum absolute atomic E-state index is 11.5. The van der Waals surface area contributed by atoms with Crippen LogP contribution in [0.25, 0.3) is 10.9 Å². The summed E-state index contributed by atoms with van der Waals surface area (Å²) in [5.74, 6) is 5.51. The van der Waals surface area contributed by atoms with Crippen LogP contribution in [0.1, 0.15) is 26.3 Å². The average Bonchev–Trinajstić information content (AvgIpc) is 2.93. The van der Waals surface area contributed by atoms with E-state index in [0.717, 1.165) is 16.5 Å². The van der Waals surface area contributed by atoms with Crippen molar-refractivity contribution in [2.24, 2.45) is 5.84 Å². The molecule has 132 valence electrons. The smallest absolute Gasteiger partial charge is 0.238 e. The molecule has 7 heteroatoms. The number of carbonyl (C=O) groups excluding carboxylic acids is 1. The zero-order chi connectivity index (χ0) is 17.7. The number of aromatic nitrogens is 1. The van der Waals surface area contributed by atoms with Gasteiger partial charge in [-0.25, -0.2) is 5.84 Å². The van der Waals surface area contributed by atoms with Gasteiger partial charge in [0.15, 0.2) is 0 Å². The van der Waals surface area contributed by atoms with Crippen molar-refractivity contribution in [3.8, 4) is 5.75 Å². The SMILES string of the molecule is CC(C)(C)NCC(O)COc1cccc2[nH]cc(CC(=O)NN)c12. The number of aromatic amines is 1. The molecule has 24 heavy (non-hydrogen) atoms. The van der Waals surface area contributed by atoms with Crippen molar-refractivity contribution in [2.75, 3.05) is 13.2 Å². The molecular weight excluding hydrogens is 308 g/mol. The summed E-state index contributed by atoms with van der Waals surface area (Å²) in [6.07, 6.45) is 1.30. The Morgan fingerprint density at radius 2 is 2.17 bits per heavy atom. The zero-order valence-electron chi connectivity index (χ0n) is 14.3. The van der Waals surface area contributed by atoms with Gasteiger partial charge in [0.2, 0.25) is 5.91 Å². The number of aliphatic hydroxyl groups excluding tert-OH is 1. The number of β-amino-alcohol motifs (C(OH)–C–C–N with tert-alkyl or cyclic N) is 1. The molecule has 1 atom stereocenters. The third-order valence-corrected chi connectivity index (χ3v) is 3.56. The lowest BCUT2D eigenvalue weighted by molar-refractivity contribution is -0.120. The second kappa shape index (κ2) is 7.65. The van der Waals surface area contributed by atoms with Crippen molar-refractivity contribution in [2.45, 2.75) is 38.8 Å². The second-order valence-corrected chi connectivity index (χ2v) is 6.83. The van der Waals surface area contributed by atoms with E-state index < -0.39 is 6.10 Å². The van der Waals surface area contributed by atoms with Gasteiger partial charge >= 0.3 is 0 Å². The van der Waals surface area contributed by atoms with Gasteiger partial charge in [0, 0.05) is 29.2 Å². The van der Waals surface area contributed by atoms with Gasteiger partial charge in [-0.3, -0.25) is 10.2 Å². The minimum Gasteiger partial charge on any atom is -0.490 e. The highest BCUT2D eigenvalue weighted by Gasteiger charge is 2.15. The first-order valence-corrected chi connectivity index (χ1v) is 7.94. The Labute approximate surface area is 141 Å². The largest absolute Gasteiger partial charge is 0.490 e. The molecule has 1 amide bonds. The van der Waals surface area contributed by atoms with Gasteiger partial charge in [-0.1, -0.05) is 6.07 Å². The lowest BCUT2D eigenvalue weighted by Crippen LogP contribution is -2.42. The summed E-state index contributed by atoms with van der Waals surface area (Å²) in [5, 5.41) is 14.1. The number of carbonyl (C=O) groups is 1. The number of fused-ring (bicyclic) bond motifs is 1. The fraction of sp³-hybridized carbons (Fsp3) is 0.471. The highest BCUT2D eigenvalue weighted by Crippen LogP contribution is 2.29. The molecule has 1 aromatic heterocycles. The summed E-state index contributed by atoms with van der Waals surface area (Å²) < 4.78 is 5.79. The van der Waals surface area contributed by atoms with Crippen LogP contribution in [0.5, 0.6) is 5.75 Å². The molecule has 1 unspecified atom stereocenters. The summed E-state index contributed by atoms with van der Waals surface area (Å²) in [4.78, 5) is 14.7. The van der Waals surface area contributed by atoms with Crippen molar-refractivity contribution in [1.82, 2.24) is 15.7 Å². The fourth-order valence-electron chi connectivity index (χ4n) is 2.37. The number of hydrogen-bond donors (Lipinski definition) is 5. The number of amides is 1. The molecule has 0 saturated carbocycles. The van der Waals surface area contributed by atoms with E-state index in [1.165, 1.54) is 0 Å². The van der Waals surface area contributed by atoms with Crippen molar-refractivity contribution >= 4 is 16.8 Å². The number of benzene rings is 1. The van der Waals surface area contributed by atoms with Crippen molar-refractivity contribution in [1.29, 1.82) is 0 Å². The Morgan fingerprint density at radius 1 is 1.42 bits per heavy atom. The minimum atomic E-state index is -0.630. The van der Waals surface area contributed by atoms with E-state index in [4.69, 9.17) is 10.6 Å². The molecule has 0 aliphatic rings. The van der Waals surface area contributed by atoms with Gasteiger partial charge < -0.3 is 20.1 Å². The van der Waals surface area contributed by atoms with Crippen LogP contribution in [0.15, 0.2) is 24.4 Å².